The summed E-state index contributed by atoms with van der Waals surface area (Å²) in [5, 5.41) is 0.108. The molecule has 1 aromatic rings. The fourth-order valence-electron chi connectivity index (χ4n) is 2.06. The van der Waals surface area contributed by atoms with Gasteiger partial charge in [-0.2, -0.15) is 0 Å². The third-order valence-electron chi connectivity index (χ3n) is 4.66. The van der Waals surface area contributed by atoms with Crippen LogP contribution in [0.15, 0.2) is 42.5 Å². The van der Waals surface area contributed by atoms with Crippen molar-refractivity contribution >= 4 is 14.3 Å². The van der Waals surface area contributed by atoms with E-state index in [9.17, 15) is 4.79 Å². The highest BCUT2D eigenvalue weighted by atomic mass is 28.4. The number of esters is 1. The van der Waals surface area contributed by atoms with Crippen molar-refractivity contribution in [3.63, 3.8) is 0 Å². The number of benzene rings is 1. The molecule has 1 aromatic carbocycles. The van der Waals surface area contributed by atoms with Crippen LogP contribution in [-0.4, -0.2) is 33.6 Å². The second-order valence-corrected chi connectivity index (χ2v) is 12.5. The lowest BCUT2D eigenvalue weighted by molar-refractivity contribution is -0.134. The van der Waals surface area contributed by atoms with E-state index in [1.807, 2.05) is 37.3 Å². The molecule has 0 heterocycles. The number of hydrogen-bond acceptors (Lipinski definition) is 4. The van der Waals surface area contributed by atoms with E-state index in [2.05, 4.69) is 38.6 Å². The number of hydrogen-bond donors (Lipinski definition) is 0. The van der Waals surface area contributed by atoms with Gasteiger partial charge in [-0.1, -0.05) is 51.1 Å². The van der Waals surface area contributed by atoms with Crippen LogP contribution >= 0.6 is 0 Å². The number of methoxy groups -OCH3 is 1. The molecule has 4 nitrogen and oxygen atoms in total. The Hall–Kier alpha value is -1.43. The third kappa shape index (κ3) is 7.14. The Kier molecular flexibility index (Phi) is 8.05. The van der Waals surface area contributed by atoms with Gasteiger partial charge in [0.1, 0.15) is 6.10 Å². The highest BCUT2D eigenvalue weighted by Crippen LogP contribution is 2.37. The average Bonchev–Trinajstić information content (AvgIpc) is 2.53. The van der Waals surface area contributed by atoms with Crippen LogP contribution in [0.4, 0.5) is 0 Å². The highest BCUT2D eigenvalue weighted by molar-refractivity contribution is 6.74. The minimum Gasteiger partial charge on any atom is -0.466 e. The van der Waals surface area contributed by atoms with E-state index in [4.69, 9.17) is 9.16 Å². The third-order valence-corrected chi connectivity index (χ3v) is 9.23. The van der Waals surface area contributed by atoms with E-state index in [0.717, 1.165) is 5.56 Å². The van der Waals surface area contributed by atoms with Gasteiger partial charge in [0.25, 0.3) is 0 Å². The quantitative estimate of drug-likeness (QED) is 0.381. The Bertz CT molecular complexity index is 561. The van der Waals surface area contributed by atoms with E-state index < -0.39 is 14.3 Å². The summed E-state index contributed by atoms with van der Waals surface area (Å²) in [6.07, 6.45) is 2.65. The zero-order valence-corrected chi connectivity index (χ0v) is 17.5. The van der Waals surface area contributed by atoms with Crippen LogP contribution in [0.1, 0.15) is 33.3 Å². The van der Waals surface area contributed by atoms with Crippen LogP contribution in [0.2, 0.25) is 18.1 Å². The van der Waals surface area contributed by atoms with Crippen LogP contribution in [0.5, 0.6) is 0 Å². The van der Waals surface area contributed by atoms with Crippen molar-refractivity contribution < 1.29 is 18.7 Å². The Morgan fingerprint density at radius 1 is 1.20 bits per heavy atom. The molecule has 0 aliphatic rings. The Morgan fingerprint density at radius 2 is 1.80 bits per heavy atom. The van der Waals surface area contributed by atoms with Crippen LogP contribution in [0.3, 0.4) is 0 Å². The molecular formula is C20H32O4Si. The van der Waals surface area contributed by atoms with Crippen LogP contribution in [0.25, 0.3) is 0 Å². The van der Waals surface area contributed by atoms with E-state index in [1.165, 1.54) is 13.2 Å². The maximum atomic E-state index is 11.5. The predicted molar refractivity (Wildman–Crippen MR) is 104 cm³/mol. The standard InChI is InChI=1S/C20H32O4Si/c1-16(24-25(6,7)20(2,3)4)18(13-14-19(21)22-5)23-15-17-11-9-8-10-12-17/h8-14,16,18H,15H2,1-7H3/b14-13+/t16-,18-/m1/s1. The van der Waals surface area contributed by atoms with Gasteiger partial charge in [-0.05, 0) is 36.7 Å². The zero-order valence-electron chi connectivity index (χ0n) is 16.5. The second kappa shape index (κ2) is 9.32. The molecule has 0 aliphatic carbocycles. The summed E-state index contributed by atoms with van der Waals surface area (Å²) >= 11 is 0. The monoisotopic (exact) mass is 364 g/mol. The lowest BCUT2D eigenvalue weighted by atomic mass is 10.2. The van der Waals surface area contributed by atoms with Crippen molar-refractivity contribution in [2.45, 2.75) is 64.6 Å². The first kappa shape index (κ1) is 21.6. The Labute approximate surface area is 153 Å². The van der Waals surface area contributed by atoms with Crippen molar-refractivity contribution in [3.05, 3.63) is 48.0 Å². The molecule has 0 fully saturated rings. The van der Waals surface area contributed by atoms with Gasteiger partial charge >= 0.3 is 5.97 Å². The first-order chi connectivity index (χ1) is 11.6. The summed E-state index contributed by atoms with van der Waals surface area (Å²) in [5.74, 6) is -0.396. The average molecular weight is 365 g/mol. The molecule has 5 heteroatoms. The summed E-state index contributed by atoms with van der Waals surface area (Å²) in [4.78, 5) is 11.5. The molecule has 0 aliphatic heterocycles. The fraction of sp³-hybridized carbons (Fsp3) is 0.550. The van der Waals surface area contributed by atoms with E-state index in [0.29, 0.717) is 6.61 Å². The highest BCUT2D eigenvalue weighted by Gasteiger charge is 2.39. The Morgan fingerprint density at radius 3 is 2.32 bits per heavy atom. The van der Waals surface area contributed by atoms with Gasteiger partial charge in [-0.25, -0.2) is 4.79 Å². The maximum Gasteiger partial charge on any atom is 0.330 e. The molecule has 0 spiro atoms. The number of ether oxygens (including phenoxy) is 2. The van der Waals surface area contributed by atoms with Crippen LogP contribution < -0.4 is 0 Å². The fourth-order valence-corrected chi connectivity index (χ4v) is 3.48. The van der Waals surface area contributed by atoms with Crippen molar-refractivity contribution in [1.29, 1.82) is 0 Å². The number of carbonyl (C=O) groups excluding carboxylic acids is 1. The summed E-state index contributed by atoms with van der Waals surface area (Å²) in [6.45, 7) is 13.5. The largest absolute Gasteiger partial charge is 0.466 e. The second-order valence-electron chi connectivity index (χ2n) is 7.73. The molecule has 0 amide bonds. The molecule has 2 atom stereocenters. The van der Waals surface area contributed by atoms with Gasteiger partial charge in [0, 0.05) is 6.08 Å². The molecule has 1 rings (SSSR count). The first-order valence-corrected chi connectivity index (χ1v) is 11.6. The van der Waals surface area contributed by atoms with Gasteiger partial charge in [0.05, 0.1) is 19.8 Å². The lowest BCUT2D eigenvalue weighted by Crippen LogP contribution is -2.46. The zero-order chi connectivity index (χ0) is 19.1. The SMILES string of the molecule is COC(=O)/C=C/[C@@H](OCc1ccccc1)[C@@H](C)O[Si](C)(C)C(C)(C)C. The van der Waals surface area contributed by atoms with Crippen molar-refractivity contribution in [1.82, 2.24) is 0 Å². The van der Waals surface area contributed by atoms with Crippen LogP contribution in [-0.2, 0) is 25.3 Å². The van der Waals surface area contributed by atoms with E-state index in [1.54, 1.807) is 6.08 Å². The Balaban J connectivity index is 2.85. The van der Waals surface area contributed by atoms with Gasteiger partial charge in [0.15, 0.2) is 8.32 Å². The molecule has 0 N–H and O–H groups in total. The molecule has 25 heavy (non-hydrogen) atoms. The molecule has 0 aromatic heterocycles. The van der Waals surface area contributed by atoms with Crippen molar-refractivity contribution in [2.75, 3.05) is 7.11 Å². The summed E-state index contributed by atoms with van der Waals surface area (Å²) in [6, 6.07) is 9.96. The van der Waals surface area contributed by atoms with Crippen molar-refractivity contribution in [2.24, 2.45) is 0 Å². The topological polar surface area (TPSA) is 44.8 Å². The summed E-state index contributed by atoms with van der Waals surface area (Å²) in [7, 11) is -0.570. The number of rotatable bonds is 8. The van der Waals surface area contributed by atoms with Crippen molar-refractivity contribution in [3.8, 4) is 0 Å². The van der Waals surface area contributed by atoms with E-state index >= 15 is 0 Å². The summed E-state index contributed by atoms with van der Waals surface area (Å²) < 4.78 is 17.2. The lowest BCUT2D eigenvalue weighted by Gasteiger charge is -2.39. The van der Waals surface area contributed by atoms with Gasteiger partial charge in [-0.3, -0.25) is 0 Å². The van der Waals surface area contributed by atoms with Gasteiger partial charge in [-0.15, -0.1) is 0 Å². The molecule has 0 unspecified atom stereocenters. The molecular weight excluding hydrogens is 332 g/mol. The summed E-state index contributed by atoms with van der Waals surface area (Å²) in [5.41, 5.74) is 1.08. The predicted octanol–water partition coefficient (Wildman–Crippen LogP) is 4.71. The molecule has 0 saturated heterocycles. The number of carbonyl (C=O) groups is 1. The first-order valence-electron chi connectivity index (χ1n) is 8.66. The van der Waals surface area contributed by atoms with Gasteiger partial charge < -0.3 is 13.9 Å². The minimum absolute atomic E-state index is 0.108. The normalized spacial score (nSPS) is 15.2. The van der Waals surface area contributed by atoms with E-state index in [-0.39, 0.29) is 17.2 Å². The molecule has 0 bridgehead atoms. The molecule has 0 saturated carbocycles. The smallest absolute Gasteiger partial charge is 0.330 e. The van der Waals surface area contributed by atoms with Crippen LogP contribution in [0, 0.1) is 0 Å². The minimum atomic E-state index is -1.93. The maximum absolute atomic E-state index is 11.5. The molecule has 0 radical (unpaired) electrons. The van der Waals surface area contributed by atoms with Gasteiger partial charge in [0.2, 0.25) is 0 Å². The molecule has 140 valence electrons.